The number of amides is 1. The first-order chi connectivity index (χ1) is 12.3. The number of hydrogen-bond donors (Lipinski definition) is 1. The van der Waals surface area contributed by atoms with Crippen LogP contribution in [-0.4, -0.2) is 59.6 Å². The molecule has 6 nitrogen and oxygen atoms in total. The van der Waals surface area contributed by atoms with Crippen LogP contribution in [-0.2, 0) is 11.3 Å². The van der Waals surface area contributed by atoms with Crippen molar-refractivity contribution in [2.24, 2.45) is 5.10 Å². The van der Waals surface area contributed by atoms with Gasteiger partial charge in [-0.1, -0.05) is 30.3 Å². The minimum absolute atomic E-state index is 0.0817. The molecular weight excluding hydrogens is 314 g/mol. The predicted octanol–water partition coefficient (Wildman–Crippen LogP) is 1.35. The number of carbonyl (C=O) groups is 1. The molecule has 3 rings (SSSR count). The van der Waals surface area contributed by atoms with Crippen LogP contribution in [0.4, 0.5) is 0 Å². The van der Waals surface area contributed by atoms with Gasteiger partial charge in [0.1, 0.15) is 0 Å². The summed E-state index contributed by atoms with van der Waals surface area (Å²) in [5.74, 6) is -0.0817. The number of carbonyl (C=O) groups excluding carboxylic acids is 1. The molecule has 1 aliphatic rings. The topological polar surface area (TPSA) is 60.8 Å². The third kappa shape index (κ3) is 5.77. The van der Waals surface area contributed by atoms with Gasteiger partial charge in [0.15, 0.2) is 0 Å². The fourth-order valence-electron chi connectivity index (χ4n) is 2.81. The van der Waals surface area contributed by atoms with Crippen molar-refractivity contribution in [3.05, 3.63) is 66.0 Å². The highest BCUT2D eigenvalue weighted by Gasteiger charge is 2.18. The van der Waals surface area contributed by atoms with E-state index in [1.807, 2.05) is 18.2 Å². The lowest BCUT2D eigenvalue weighted by atomic mass is 10.2. The maximum absolute atomic E-state index is 12.0. The molecule has 1 aromatic heterocycles. The number of hydrogen-bond acceptors (Lipinski definition) is 5. The van der Waals surface area contributed by atoms with Crippen molar-refractivity contribution in [3.63, 3.8) is 0 Å². The first-order valence-electron chi connectivity index (χ1n) is 8.50. The van der Waals surface area contributed by atoms with E-state index in [-0.39, 0.29) is 5.91 Å². The molecule has 0 saturated carbocycles. The Kier molecular flexibility index (Phi) is 6.25. The molecule has 0 atom stereocenters. The molecule has 1 N–H and O–H groups in total. The first-order valence-corrected chi connectivity index (χ1v) is 8.50. The van der Waals surface area contributed by atoms with E-state index >= 15 is 0 Å². The van der Waals surface area contributed by atoms with Gasteiger partial charge in [0.25, 0.3) is 5.91 Å². The van der Waals surface area contributed by atoms with Crippen molar-refractivity contribution in [1.82, 2.24) is 20.2 Å². The summed E-state index contributed by atoms with van der Waals surface area (Å²) in [6, 6.07) is 14.2. The molecule has 1 aliphatic heterocycles. The van der Waals surface area contributed by atoms with Crippen molar-refractivity contribution in [2.45, 2.75) is 6.54 Å². The minimum Gasteiger partial charge on any atom is -0.297 e. The second kappa shape index (κ2) is 9.05. The SMILES string of the molecule is O=C(CN1CCN(Cc2ccccc2)CC1)N/N=C\c1ccncc1. The molecule has 2 heterocycles. The molecule has 0 unspecified atom stereocenters. The highest BCUT2D eigenvalue weighted by atomic mass is 16.2. The van der Waals surface area contributed by atoms with E-state index in [9.17, 15) is 4.79 Å². The Labute approximate surface area is 148 Å². The van der Waals surface area contributed by atoms with E-state index in [0.29, 0.717) is 6.54 Å². The molecule has 0 spiro atoms. The summed E-state index contributed by atoms with van der Waals surface area (Å²) in [7, 11) is 0. The number of benzene rings is 1. The van der Waals surface area contributed by atoms with E-state index in [1.165, 1.54) is 5.56 Å². The Bertz CT molecular complexity index is 681. The van der Waals surface area contributed by atoms with Gasteiger partial charge in [0.05, 0.1) is 12.8 Å². The van der Waals surface area contributed by atoms with Gasteiger partial charge in [-0.2, -0.15) is 5.10 Å². The van der Waals surface area contributed by atoms with Gasteiger partial charge in [-0.3, -0.25) is 19.6 Å². The van der Waals surface area contributed by atoms with Crippen LogP contribution in [0.1, 0.15) is 11.1 Å². The molecule has 1 amide bonds. The number of rotatable bonds is 6. The van der Waals surface area contributed by atoms with E-state index < -0.39 is 0 Å². The molecule has 0 aliphatic carbocycles. The summed E-state index contributed by atoms with van der Waals surface area (Å²) in [5, 5.41) is 3.99. The summed E-state index contributed by atoms with van der Waals surface area (Å²) in [5.41, 5.74) is 4.82. The molecule has 25 heavy (non-hydrogen) atoms. The largest absolute Gasteiger partial charge is 0.297 e. The highest BCUT2D eigenvalue weighted by Crippen LogP contribution is 2.08. The Morgan fingerprint density at radius 2 is 1.72 bits per heavy atom. The fraction of sp³-hybridized carbons (Fsp3) is 0.316. The van der Waals surface area contributed by atoms with Gasteiger partial charge in [0.2, 0.25) is 0 Å². The number of piperazine rings is 1. The quantitative estimate of drug-likeness (QED) is 0.638. The molecular formula is C19H23N5O. The monoisotopic (exact) mass is 337 g/mol. The van der Waals surface area contributed by atoms with Gasteiger partial charge in [-0.15, -0.1) is 0 Å². The lowest BCUT2D eigenvalue weighted by Crippen LogP contribution is -2.48. The number of hydrazone groups is 1. The molecule has 2 aromatic rings. The average Bonchev–Trinajstić information content (AvgIpc) is 2.65. The average molecular weight is 337 g/mol. The number of aromatic nitrogens is 1. The Morgan fingerprint density at radius 1 is 1.04 bits per heavy atom. The van der Waals surface area contributed by atoms with Crippen molar-refractivity contribution in [2.75, 3.05) is 32.7 Å². The van der Waals surface area contributed by atoms with E-state index in [1.54, 1.807) is 18.6 Å². The van der Waals surface area contributed by atoms with Crippen molar-refractivity contribution in [1.29, 1.82) is 0 Å². The number of nitrogens with one attached hydrogen (secondary N) is 1. The lowest BCUT2D eigenvalue weighted by molar-refractivity contribution is -0.122. The standard InChI is InChI=1S/C19H23N5O/c25-19(22-21-14-17-6-8-20-9-7-17)16-24-12-10-23(11-13-24)15-18-4-2-1-3-5-18/h1-9,14H,10-13,15-16H2,(H,22,25)/b21-14-. The van der Waals surface area contributed by atoms with Gasteiger partial charge < -0.3 is 0 Å². The predicted molar refractivity (Wildman–Crippen MR) is 98.1 cm³/mol. The molecule has 1 aromatic carbocycles. The highest BCUT2D eigenvalue weighted by molar-refractivity contribution is 5.82. The fourth-order valence-corrected chi connectivity index (χ4v) is 2.81. The second-order valence-corrected chi connectivity index (χ2v) is 6.11. The van der Waals surface area contributed by atoms with Crippen molar-refractivity contribution < 1.29 is 4.79 Å². The lowest BCUT2D eigenvalue weighted by Gasteiger charge is -2.34. The summed E-state index contributed by atoms with van der Waals surface area (Å²) in [4.78, 5) is 20.5. The summed E-state index contributed by atoms with van der Waals surface area (Å²) < 4.78 is 0. The van der Waals surface area contributed by atoms with Crippen LogP contribution in [0.3, 0.4) is 0 Å². The number of pyridine rings is 1. The van der Waals surface area contributed by atoms with Crippen LogP contribution in [0.15, 0.2) is 60.0 Å². The van der Waals surface area contributed by atoms with E-state index in [2.05, 4.69) is 49.6 Å². The normalized spacial score (nSPS) is 16.2. The molecule has 0 radical (unpaired) electrons. The Balaban J connectivity index is 1.37. The van der Waals surface area contributed by atoms with Crippen LogP contribution < -0.4 is 5.43 Å². The van der Waals surface area contributed by atoms with Gasteiger partial charge in [0, 0.05) is 45.1 Å². The zero-order valence-corrected chi connectivity index (χ0v) is 14.2. The van der Waals surface area contributed by atoms with Crippen LogP contribution in [0, 0.1) is 0 Å². The van der Waals surface area contributed by atoms with Crippen LogP contribution >= 0.6 is 0 Å². The third-order valence-corrected chi connectivity index (χ3v) is 4.19. The molecule has 1 saturated heterocycles. The summed E-state index contributed by atoms with van der Waals surface area (Å²) >= 11 is 0. The zero-order chi connectivity index (χ0) is 17.3. The third-order valence-electron chi connectivity index (χ3n) is 4.19. The summed E-state index contributed by atoms with van der Waals surface area (Å²) in [6.07, 6.45) is 5.01. The molecule has 0 bridgehead atoms. The van der Waals surface area contributed by atoms with Gasteiger partial charge in [-0.05, 0) is 23.3 Å². The van der Waals surface area contributed by atoms with E-state index in [0.717, 1.165) is 38.3 Å². The van der Waals surface area contributed by atoms with Crippen molar-refractivity contribution >= 4 is 12.1 Å². The smallest absolute Gasteiger partial charge is 0.254 e. The second-order valence-electron chi connectivity index (χ2n) is 6.11. The van der Waals surface area contributed by atoms with Crippen LogP contribution in [0.2, 0.25) is 0 Å². The van der Waals surface area contributed by atoms with Gasteiger partial charge in [-0.25, -0.2) is 5.43 Å². The summed E-state index contributed by atoms with van der Waals surface area (Å²) in [6.45, 7) is 5.09. The Morgan fingerprint density at radius 3 is 2.44 bits per heavy atom. The molecule has 130 valence electrons. The van der Waals surface area contributed by atoms with Crippen LogP contribution in [0.5, 0.6) is 0 Å². The zero-order valence-electron chi connectivity index (χ0n) is 14.2. The molecule has 1 fully saturated rings. The maximum Gasteiger partial charge on any atom is 0.254 e. The maximum atomic E-state index is 12.0. The van der Waals surface area contributed by atoms with E-state index in [4.69, 9.17) is 0 Å². The minimum atomic E-state index is -0.0817. The first kappa shape index (κ1) is 17.3. The number of nitrogens with zero attached hydrogens (tertiary/aromatic N) is 4. The van der Waals surface area contributed by atoms with Crippen LogP contribution in [0.25, 0.3) is 0 Å². The molecule has 6 heteroatoms. The van der Waals surface area contributed by atoms with Crippen molar-refractivity contribution in [3.8, 4) is 0 Å². The Hall–Kier alpha value is -2.57. The van der Waals surface area contributed by atoms with Gasteiger partial charge >= 0.3 is 0 Å².